The Bertz CT molecular complexity index is 332. The molecule has 0 saturated heterocycles. The molecule has 1 aromatic rings. The van der Waals surface area contributed by atoms with Crippen molar-refractivity contribution in [3.8, 4) is 0 Å². The smallest absolute Gasteiger partial charge is 0.00620 e. The average Bonchev–Trinajstić information content (AvgIpc) is 3.01. The van der Waals surface area contributed by atoms with Crippen LogP contribution in [-0.4, -0.2) is 0 Å². The Balaban J connectivity index is 1.70. The summed E-state index contributed by atoms with van der Waals surface area (Å²) >= 11 is 0. The van der Waals surface area contributed by atoms with Gasteiger partial charge >= 0.3 is 0 Å². The van der Waals surface area contributed by atoms with Crippen LogP contribution in [0.1, 0.15) is 37.2 Å². The zero-order valence-electron chi connectivity index (χ0n) is 8.45. The van der Waals surface area contributed by atoms with Gasteiger partial charge in [0.25, 0.3) is 0 Å². The van der Waals surface area contributed by atoms with Crippen molar-refractivity contribution in [1.82, 2.24) is 0 Å². The summed E-state index contributed by atoms with van der Waals surface area (Å²) in [5.41, 5.74) is 2.13. The summed E-state index contributed by atoms with van der Waals surface area (Å²) < 4.78 is 0. The molecule has 0 unspecified atom stereocenters. The van der Waals surface area contributed by atoms with Crippen molar-refractivity contribution < 1.29 is 0 Å². The lowest BCUT2D eigenvalue weighted by Gasteiger charge is -2.29. The Kier molecular flexibility index (Phi) is 1.76. The second kappa shape index (κ2) is 2.98. The van der Waals surface area contributed by atoms with Crippen LogP contribution in [0.2, 0.25) is 0 Å². The van der Waals surface area contributed by atoms with Gasteiger partial charge in [0.15, 0.2) is 0 Å². The Morgan fingerprint density at radius 3 is 2.14 bits per heavy atom. The third-order valence-electron chi connectivity index (χ3n) is 3.83. The highest BCUT2D eigenvalue weighted by molar-refractivity contribution is 5.29. The molecule has 0 nitrogen and oxygen atoms in total. The van der Waals surface area contributed by atoms with E-state index in [9.17, 15) is 0 Å². The van der Waals surface area contributed by atoms with Crippen molar-refractivity contribution in [2.24, 2.45) is 5.41 Å². The van der Waals surface area contributed by atoms with Gasteiger partial charge in [-0.15, -0.1) is 0 Å². The number of hydrogen-bond donors (Lipinski definition) is 0. The highest BCUT2D eigenvalue weighted by atomic mass is 14.4. The molecular formula is C14H16. The molecule has 1 fully saturated rings. The van der Waals surface area contributed by atoms with Gasteiger partial charge in [0.2, 0.25) is 0 Å². The topological polar surface area (TPSA) is 0 Å². The van der Waals surface area contributed by atoms with Gasteiger partial charge in [-0.1, -0.05) is 42.5 Å². The molecule has 0 atom stereocenters. The van der Waals surface area contributed by atoms with Gasteiger partial charge in [-0.3, -0.25) is 0 Å². The molecule has 0 N–H and O–H groups in total. The maximum Gasteiger partial charge on any atom is 0.00620 e. The highest BCUT2D eigenvalue weighted by Crippen LogP contribution is 2.51. The Morgan fingerprint density at radius 1 is 0.929 bits per heavy atom. The van der Waals surface area contributed by atoms with Crippen molar-refractivity contribution in [2.45, 2.75) is 31.6 Å². The van der Waals surface area contributed by atoms with Crippen LogP contribution in [0.25, 0.3) is 0 Å². The van der Waals surface area contributed by atoms with E-state index in [1.165, 1.54) is 25.7 Å². The molecule has 0 heterocycles. The molecule has 0 amide bonds. The first-order valence-corrected chi connectivity index (χ1v) is 5.63. The van der Waals surface area contributed by atoms with Crippen LogP contribution in [-0.2, 0) is 0 Å². The normalized spacial score (nSPS) is 24.0. The number of rotatable bonds is 1. The summed E-state index contributed by atoms with van der Waals surface area (Å²) in [5.74, 6) is 0.823. The molecule has 1 spiro atoms. The third-order valence-corrected chi connectivity index (χ3v) is 3.83. The molecule has 72 valence electrons. The molecule has 3 rings (SSSR count). The summed E-state index contributed by atoms with van der Waals surface area (Å²) in [6, 6.07) is 11.0. The van der Waals surface area contributed by atoms with Crippen LogP contribution >= 0.6 is 0 Å². The van der Waals surface area contributed by atoms with Crippen LogP contribution in [0.4, 0.5) is 0 Å². The summed E-state index contributed by atoms with van der Waals surface area (Å²) in [6.07, 6.45) is 10.3. The second-order valence-electron chi connectivity index (χ2n) is 4.75. The van der Waals surface area contributed by atoms with E-state index in [2.05, 4.69) is 42.5 Å². The molecule has 2 aliphatic carbocycles. The number of hydrogen-bond acceptors (Lipinski definition) is 0. The first-order chi connectivity index (χ1) is 6.88. The van der Waals surface area contributed by atoms with Crippen LogP contribution in [0.15, 0.2) is 42.5 Å². The Labute approximate surface area is 85.6 Å². The minimum atomic E-state index is 0.589. The molecule has 1 aromatic carbocycles. The monoisotopic (exact) mass is 184 g/mol. The molecule has 2 aliphatic rings. The summed E-state index contributed by atoms with van der Waals surface area (Å²) in [5, 5.41) is 0. The standard InChI is InChI=1S/C14H16/c1-2-4-12(5-3-1)13-6-8-14(9-7-13)10-11-14/h1-5,10-11,13H,6-9H2. The predicted octanol–water partition coefficient (Wildman–Crippen LogP) is 3.90. The lowest BCUT2D eigenvalue weighted by molar-refractivity contribution is 0.335. The lowest BCUT2D eigenvalue weighted by atomic mass is 9.76. The molecular weight excluding hydrogens is 168 g/mol. The number of allylic oxidation sites excluding steroid dienone is 2. The van der Waals surface area contributed by atoms with Gasteiger partial charge in [-0.05, 0) is 37.2 Å². The van der Waals surface area contributed by atoms with E-state index in [0.29, 0.717) is 5.41 Å². The van der Waals surface area contributed by atoms with E-state index in [1.807, 2.05) is 0 Å². The van der Waals surface area contributed by atoms with Crippen molar-refractivity contribution in [3.05, 3.63) is 48.0 Å². The van der Waals surface area contributed by atoms with Crippen molar-refractivity contribution in [1.29, 1.82) is 0 Å². The van der Waals surface area contributed by atoms with Crippen molar-refractivity contribution in [2.75, 3.05) is 0 Å². The van der Waals surface area contributed by atoms with E-state index in [1.54, 1.807) is 5.56 Å². The lowest BCUT2D eigenvalue weighted by Crippen LogP contribution is -2.14. The summed E-state index contributed by atoms with van der Waals surface area (Å²) in [6.45, 7) is 0. The fourth-order valence-electron chi connectivity index (χ4n) is 2.66. The first-order valence-electron chi connectivity index (χ1n) is 5.63. The fraction of sp³-hybridized carbons (Fsp3) is 0.429. The zero-order valence-corrected chi connectivity index (χ0v) is 8.45. The summed E-state index contributed by atoms with van der Waals surface area (Å²) in [4.78, 5) is 0. The first kappa shape index (κ1) is 8.28. The van der Waals surface area contributed by atoms with Gasteiger partial charge in [0.05, 0.1) is 0 Å². The van der Waals surface area contributed by atoms with Gasteiger partial charge in [-0.2, -0.15) is 0 Å². The molecule has 0 aliphatic heterocycles. The minimum absolute atomic E-state index is 0.589. The van der Waals surface area contributed by atoms with Crippen LogP contribution in [0.3, 0.4) is 0 Å². The Hall–Kier alpha value is -1.04. The quantitative estimate of drug-likeness (QED) is 0.581. The second-order valence-corrected chi connectivity index (χ2v) is 4.75. The van der Waals surface area contributed by atoms with E-state index in [-0.39, 0.29) is 0 Å². The summed E-state index contributed by atoms with van der Waals surface area (Å²) in [7, 11) is 0. The fourth-order valence-corrected chi connectivity index (χ4v) is 2.66. The number of benzene rings is 1. The molecule has 14 heavy (non-hydrogen) atoms. The van der Waals surface area contributed by atoms with Gasteiger partial charge < -0.3 is 0 Å². The van der Waals surface area contributed by atoms with E-state index in [4.69, 9.17) is 0 Å². The zero-order chi connectivity index (χ0) is 9.43. The average molecular weight is 184 g/mol. The maximum absolute atomic E-state index is 2.40. The van der Waals surface area contributed by atoms with Gasteiger partial charge in [0.1, 0.15) is 0 Å². The molecule has 0 bridgehead atoms. The van der Waals surface area contributed by atoms with Crippen LogP contribution in [0.5, 0.6) is 0 Å². The maximum atomic E-state index is 2.40. The van der Waals surface area contributed by atoms with Gasteiger partial charge in [0, 0.05) is 5.41 Å². The molecule has 1 saturated carbocycles. The molecule has 0 heteroatoms. The van der Waals surface area contributed by atoms with Crippen molar-refractivity contribution >= 4 is 0 Å². The SMILES string of the molecule is C1=CC12CCC(c1ccccc1)CC2. The van der Waals surface area contributed by atoms with Crippen molar-refractivity contribution in [3.63, 3.8) is 0 Å². The predicted molar refractivity (Wildman–Crippen MR) is 59.2 cm³/mol. The highest BCUT2D eigenvalue weighted by Gasteiger charge is 2.37. The molecule has 0 aromatic heterocycles. The van der Waals surface area contributed by atoms with Gasteiger partial charge in [-0.25, -0.2) is 0 Å². The van der Waals surface area contributed by atoms with E-state index < -0.39 is 0 Å². The van der Waals surface area contributed by atoms with E-state index >= 15 is 0 Å². The largest absolute Gasteiger partial charge is 0.0777 e. The minimum Gasteiger partial charge on any atom is -0.0777 e. The van der Waals surface area contributed by atoms with Crippen LogP contribution in [0, 0.1) is 5.41 Å². The van der Waals surface area contributed by atoms with E-state index in [0.717, 1.165) is 5.92 Å². The molecule has 0 radical (unpaired) electrons. The Morgan fingerprint density at radius 2 is 1.57 bits per heavy atom. The van der Waals surface area contributed by atoms with Crippen LogP contribution < -0.4 is 0 Å². The third kappa shape index (κ3) is 1.39.